The molecule has 1 fully saturated rings. The number of nitrogens with zero attached hydrogens (tertiary/aromatic N) is 2. The zero-order valence-electron chi connectivity index (χ0n) is 10.5. The Kier molecular flexibility index (Phi) is 4.47. The highest BCUT2D eigenvalue weighted by atomic mass is 35.5. The highest BCUT2D eigenvalue weighted by Crippen LogP contribution is 2.39. The predicted octanol–water partition coefficient (Wildman–Crippen LogP) is 3.44. The van der Waals surface area contributed by atoms with Gasteiger partial charge in [-0.2, -0.15) is 13.2 Å². The molecule has 110 valence electrons. The molecule has 8 heteroatoms. The third-order valence-corrected chi connectivity index (χ3v) is 3.60. The number of hydrogen-bond acceptors (Lipinski definition) is 3. The summed E-state index contributed by atoms with van der Waals surface area (Å²) in [5.41, 5.74) is 0. The maximum Gasteiger partial charge on any atom is 0.391 e. The molecule has 2 rings (SSSR count). The molecule has 1 aliphatic carbocycles. The quantitative estimate of drug-likeness (QED) is 0.910. The molecule has 0 aromatic carbocycles. The standard InChI is InChI=1S/C12H13ClF3N3O/c13-9-5-17-6-10(18-9)19-11(20)7-1-3-8(4-2-7)12(14,15)16/h5-8H,1-4H2,(H,18,19,20). The molecular formula is C12H13ClF3N3O. The van der Waals surface area contributed by atoms with E-state index < -0.39 is 18.0 Å². The van der Waals surface area contributed by atoms with Gasteiger partial charge in [0.05, 0.1) is 18.3 Å². The van der Waals surface area contributed by atoms with Crippen LogP contribution in [-0.2, 0) is 4.79 Å². The van der Waals surface area contributed by atoms with E-state index in [9.17, 15) is 18.0 Å². The Bertz CT molecular complexity index is 487. The second-order valence-electron chi connectivity index (χ2n) is 4.81. The second kappa shape index (κ2) is 5.95. The summed E-state index contributed by atoms with van der Waals surface area (Å²) in [5, 5.41) is 2.67. The highest BCUT2D eigenvalue weighted by Gasteiger charge is 2.42. The molecule has 0 atom stereocenters. The number of amides is 1. The number of hydrogen-bond donors (Lipinski definition) is 1. The summed E-state index contributed by atoms with van der Waals surface area (Å²) >= 11 is 5.63. The van der Waals surface area contributed by atoms with Crippen LogP contribution in [0, 0.1) is 11.8 Å². The lowest BCUT2D eigenvalue weighted by Gasteiger charge is -2.28. The van der Waals surface area contributed by atoms with Gasteiger partial charge in [-0.05, 0) is 25.7 Å². The topological polar surface area (TPSA) is 54.9 Å². The van der Waals surface area contributed by atoms with Crippen LogP contribution in [0.2, 0.25) is 5.15 Å². The average molecular weight is 308 g/mol. The molecule has 1 N–H and O–H groups in total. The van der Waals surface area contributed by atoms with Gasteiger partial charge in [0.2, 0.25) is 5.91 Å². The number of alkyl halides is 3. The van der Waals surface area contributed by atoms with Crippen molar-refractivity contribution in [3.63, 3.8) is 0 Å². The van der Waals surface area contributed by atoms with Gasteiger partial charge in [0.1, 0.15) is 5.15 Å². The van der Waals surface area contributed by atoms with Crippen LogP contribution in [0.3, 0.4) is 0 Å². The summed E-state index contributed by atoms with van der Waals surface area (Å²) in [7, 11) is 0. The third-order valence-electron chi connectivity index (χ3n) is 3.42. The van der Waals surface area contributed by atoms with Crippen molar-refractivity contribution >= 4 is 23.3 Å². The number of nitrogens with one attached hydrogen (secondary N) is 1. The van der Waals surface area contributed by atoms with E-state index in [-0.39, 0.29) is 42.6 Å². The van der Waals surface area contributed by atoms with Gasteiger partial charge < -0.3 is 5.32 Å². The van der Waals surface area contributed by atoms with E-state index in [2.05, 4.69) is 15.3 Å². The van der Waals surface area contributed by atoms with E-state index in [0.29, 0.717) is 0 Å². The summed E-state index contributed by atoms with van der Waals surface area (Å²) in [4.78, 5) is 19.6. The van der Waals surface area contributed by atoms with Gasteiger partial charge >= 0.3 is 6.18 Å². The van der Waals surface area contributed by atoms with Gasteiger partial charge in [-0.3, -0.25) is 9.78 Å². The molecule has 1 aromatic heterocycles. The first-order valence-corrected chi connectivity index (χ1v) is 6.59. The van der Waals surface area contributed by atoms with Crippen molar-refractivity contribution in [1.82, 2.24) is 9.97 Å². The average Bonchev–Trinajstić information content (AvgIpc) is 2.38. The molecule has 0 bridgehead atoms. The van der Waals surface area contributed by atoms with E-state index in [1.807, 2.05) is 0 Å². The first-order chi connectivity index (χ1) is 9.36. The van der Waals surface area contributed by atoms with E-state index in [0.717, 1.165) is 0 Å². The summed E-state index contributed by atoms with van der Waals surface area (Å²) in [6.07, 6.45) is -1.07. The monoisotopic (exact) mass is 307 g/mol. The lowest BCUT2D eigenvalue weighted by molar-refractivity contribution is -0.184. The van der Waals surface area contributed by atoms with Gasteiger partial charge in [-0.25, -0.2) is 4.98 Å². The van der Waals surface area contributed by atoms with Gasteiger partial charge in [0, 0.05) is 5.92 Å². The maximum absolute atomic E-state index is 12.5. The van der Waals surface area contributed by atoms with Gasteiger partial charge in [-0.15, -0.1) is 0 Å². The van der Waals surface area contributed by atoms with Crippen molar-refractivity contribution < 1.29 is 18.0 Å². The first-order valence-electron chi connectivity index (χ1n) is 6.21. The van der Waals surface area contributed by atoms with Crippen molar-refractivity contribution in [2.24, 2.45) is 11.8 Å². The molecule has 4 nitrogen and oxygen atoms in total. The van der Waals surface area contributed by atoms with Crippen molar-refractivity contribution in [2.45, 2.75) is 31.9 Å². The molecular weight excluding hydrogens is 295 g/mol. The van der Waals surface area contributed by atoms with Crippen LogP contribution in [0.15, 0.2) is 12.4 Å². The molecule has 0 unspecified atom stereocenters. The fraction of sp³-hybridized carbons (Fsp3) is 0.583. The predicted molar refractivity (Wildman–Crippen MR) is 67.2 cm³/mol. The Morgan fingerprint density at radius 1 is 1.25 bits per heavy atom. The van der Waals surface area contributed by atoms with Crippen LogP contribution >= 0.6 is 11.6 Å². The third kappa shape index (κ3) is 3.82. The first kappa shape index (κ1) is 15.0. The van der Waals surface area contributed by atoms with E-state index >= 15 is 0 Å². The van der Waals surface area contributed by atoms with Gasteiger partial charge in [-0.1, -0.05) is 11.6 Å². The van der Waals surface area contributed by atoms with Crippen LogP contribution < -0.4 is 5.32 Å². The summed E-state index contributed by atoms with van der Waals surface area (Å²) in [5.74, 6) is -1.84. The van der Waals surface area contributed by atoms with E-state index in [1.54, 1.807) is 0 Å². The van der Waals surface area contributed by atoms with Crippen molar-refractivity contribution in [3.05, 3.63) is 17.5 Å². The minimum atomic E-state index is -4.17. The molecule has 20 heavy (non-hydrogen) atoms. The van der Waals surface area contributed by atoms with Crippen LogP contribution in [0.1, 0.15) is 25.7 Å². The minimum Gasteiger partial charge on any atom is -0.309 e. The Balaban J connectivity index is 1.89. The Morgan fingerprint density at radius 3 is 2.45 bits per heavy atom. The Hall–Kier alpha value is -1.37. The highest BCUT2D eigenvalue weighted by molar-refractivity contribution is 6.29. The second-order valence-corrected chi connectivity index (χ2v) is 5.19. The van der Waals surface area contributed by atoms with Crippen LogP contribution in [0.25, 0.3) is 0 Å². The number of rotatable bonds is 2. The smallest absolute Gasteiger partial charge is 0.309 e. The molecule has 0 aliphatic heterocycles. The summed E-state index contributed by atoms with van der Waals surface area (Å²) < 4.78 is 37.6. The summed E-state index contributed by atoms with van der Waals surface area (Å²) in [6.45, 7) is 0. The van der Waals surface area contributed by atoms with E-state index in [4.69, 9.17) is 11.6 Å². The van der Waals surface area contributed by atoms with Crippen LogP contribution in [-0.4, -0.2) is 22.1 Å². The molecule has 1 aliphatic rings. The van der Waals surface area contributed by atoms with Gasteiger partial charge in [0.15, 0.2) is 5.82 Å². The molecule has 1 saturated carbocycles. The Morgan fingerprint density at radius 2 is 1.90 bits per heavy atom. The molecule has 0 spiro atoms. The van der Waals surface area contributed by atoms with Crippen LogP contribution in [0.5, 0.6) is 0 Å². The minimum absolute atomic E-state index is 0.0111. The Labute approximate surface area is 118 Å². The zero-order chi connectivity index (χ0) is 14.8. The van der Waals surface area contributed by atoms with Crippen molar-refractivity contribution in [2.75, 3.05) is 5.32 Å². The largest absolute Gasteiger partial charge is 0.391 e. The van der Waals surface area contributed by atoms with Crippen molar-refractivity contribution in [1.29, 1.82) is 0 Å². The lowest BCUT2D eigenvalue weighted by Crippen LogP contribution is -2.32. The normalized spacial score (nSPS) is 23.4. The summed E-state index contributed by atoms with van der Waals surface area (Å²) in [6, 6.07) is 0. The van der Waals surface area contributed by atoms with Crippen molar-refractivity contribution in [3.8, 4) is 0 Å². The maximum atomic E-state index is 12.5. The lowest BCUT2D eigenvalue weighted by atomic mass is 9.81. The molecule has 1 aromatic rings. The number of anilines is 1. The number of halogens is 4. The SMILES string of the molecule is O=C(Nc1cncc(Cl)n1)C1CCC(C(F)(F)F)CC1. The zero-order valence-corrected chi connectivity index (χ0v) is 11.2. The molecule has 1 amide bonds. The van der Waals surface area contributed by atoms with E-state index in [1.165, 1.54) is 12.4 Å². The fourth-order valence-electron chi connectivity index (χ4n) is 2.31. The molecule has 0 radical (unpaired) electrons. The molecule has 1 heterocycles. The fourth-order valence-corrected chi connectivity index (χ4v) is 2.46. The number of carbonyl (C=O) groups is 1. The van der Waals surface area contributed by atoms with Gasteiger partial charge in [0.25, 0.3) is 0 Å². The molecule has 0 saturated heterocycles. The number of carbonyl (C=O) groups excluding carboxylic acids is 1. The van der Waals surface area contributed by atoms with Crippen LogP contribution in [0.4, 0.5) is 19.0 Å². The number of aromatic nitrogens is 2.